The number of nitrogens with zero attached hydrogens (tertiary/aromatic N) is 3. The summed E-state index contributed by atoms with van der Waals surface area (Å²) in [6.45, 7) is 7.54. The summed E-state index contributed by atoms with van der Waals surface area (Å²) in [7, 11) is -2.55. The fourth-order valence-electron chi connectivity index (χ4n) is 3.14. The summed E-state index contributed by atoms with van der Waals surface area (Å²) in [5.41, 5.74) is -0.472. The van der Waals surface area contributed by atoms with E-state index in [1.807, 2.05) is 0 Å². The van der Waals surface area contributed by atoms with Crippen LogP contribution in [0.3, 0.4) is 0 Å². The quantitative estimate of drug-likeness (QED) is 0.218. The van der Waals surface area contributed by atoms with Crippen LogP contribution in [0.4, 0.5) is 11.4 Å². The number of guanidine groups is 1. The molecule has 2 aromatic carbocycles. The monoisotopic (exact) mass is 514 g/mol. The smallest absolute Gasteiger partial charge is 0.327 e. The van der Waals surface area contributed by atoms with E-state index in [0.717, 1.165) is 15.9 Å². The Morgan fingerprint density at radius 2 is 1.94 bits per heavy atom. The second kappa shape index (κ2) is 9.14. The van der Waals surface area contributed by atoms with Crippen molar-refractivity contribution in [3.8, 4) is 5.69 Å². The first kappa shape index (κ1) is 23.2. The molecule has 0 aliphatic rings. The van der Waals surface area contributed by atoms with E-state index in [9.17, 15) is 18.0 Å². The van der Waals surface area contributed by atoms with Gasteiger partial charge in [-0.25, -0.2) is 27.3 Å². The molecule has 13 heteroatoms. The molecule has 0 amide bonds. The minimum atomic E-state index is -3.93. The zero-order valence-corrected chi connectivity index (χ0v) is 19.8. The molecule has 4 rings (SSSR count). The number of aromatic amines is 1. The van der Waals surface area contributed by atoms with E-state index in [0.29, 0.717) is 20.9 Å². The van der Waals surface area contributed by atoms with Gasteiger partial charge in [0.2, 0.25) is 11.6 Å². The zero-order chi connectivity index (χ0) is 24.5. The van der Waals surface area contributed by atoms with E-state index in [1.54, 1.807) is 24.3 Å². The second-order valence-electron chi connectivity index (χ2n) is 6.79. The Hall–Kier alpha value is -3.92. The van der Waals surface area contributed by atoms with Crippen molar-refractivity contribution in [1.82, 2.24) is 14.3 Å². The molecule has 0 radical (unpaired) electrons. The van der Waals surface area contributed by atoms with Crippen LogP contribution in [0.25, 0.3) is 21.4 Å². The zero-order valence-electron chi connectivity index (χ0n) is 17.4. The summed E-state index contributed by atoms with van der Waals surface area (Å²) in [5, 5.41) is 3.08. The molecule has 0 atom stereocenters. The molecule has 172 valence electrons. The number of nitrogens with one attached hydrogen (secondary N) is 3. The topological polar surface area (TPSA) is 130 Å². The van der Waals surface area contributed by atoms with Gasteiger partial charge in [0.1, 0.15) is 4.21 Å². The van der Waals surface area contributed by atoms with Gasteiger partial charge in [-0.3, -0.25) is 9.79 Å². The summed E-state index contributed by atoms with van der Waals surface area (Å²) in [6.07, 6.45) is 0. The van der Waals surface area contributed by atoms with Crippen LogP contribution >= 0.6 is 22.9 Å². The van der Waals surface area contributed by atoms with Gasteiger partial charge in [0.15, 0.2) is 0 Å². The Morgan fingerprint density at radius 1 is 1.18 bits per heavy atom. The van der Waals surface area contributed by atoms with Crippen LogP contribution in [0.2, 0.25) is 4.34 Å². The maximum atomic E-state index is 12.9. The van der Waals surface area contributed by atoms with E-state index < -0.39 is 21.3 Å². The van der Waals surface area contributed by atoms with Crippen LogP contribution in [-0.2, 0) is 10.0 Å². The van der Waals surface area contributed by atoms with Gasteiger partial charge in [0.05, 0.1) is 27.5 Å². The average Bonchev–Trinajstić information content (AvgIpc) is 3.26. The number of aromatic nitrogens is 2. The lowest BCUT2D eigenvalue weighted by molar-refractivity contribution is 0.594. The first-order chi connectivity index (χ1) is 16.2. The van der Waals surface area contributed by atoms with Gasteiger partial charge in [-0.05, 0) is 42.5 Å². The highest BCUT2D eigenvalue weighted by Crippen LogP contribution is 2.27. The average molecular weight is 515 g/mol. The molecule has 34 heavy (non-hydrogen) atoms. The molecule has 2 heterocycles. The van der Waals surface area contributed by atoms with E-state index in [-0.39, 0.29) is 21.5 Å². The number of thiophene rings is 1. The van der Waals surface area contributed by atoms with E-state index in [1.165, 1.54) is 37.4 Å². The molecule has 3 N–H and O–H groups in total. The van der Waals surface area contributed by atoms with Crippen LogP contribution in [-0.4, -0.2) is 31.0 Å². The van der Waals surface area contributed by atoms with Crippen molar-refractivity contribution in [2.75, 3.05) is 12.4 Å². The summed E-state index contributed by atoms with van der Waals surface area (Å²) < 4.78 is 28.6. The van der Waals surface area contributed by atoms with Gasteiger partial charge in [0.25, 0.3) is 15.6 Å². The highest BCUT2D eigenvalue weighted by molar-refractivity contribution is 7.92. The maximum Gasteiger partial charge on any atom is 0.332 e. The summed E-state index contributed by atoms with van der Waals surface area (Å²) in [4.78, 5) is 35.5. The number of anilines is 1. The molecule has 0 saturated carbocycles. The normalized spacial score (nSPS) is 11.9. The highest BCUT2D eigenvalue weighted by atomic mass is 35.5. The molecular formula is C21H15ClN6O4S2. The van der Waals surface area contributed by atoms with Gasteiger partial charge in [-0.1, -0.05) is 23.7 Å². The molecule has 0 spiro atoms. The van der Waals surface area contributed by atoms with Crippen LogP contribution in [0.5, 0.6) is 0 Å². The van der Waals surface area contributed by atoms with E-state index in [2.05, 4.69) is 24.9 Å². The first-order valence-corrected chi connectivity index (χ1v) is 12.2. The van der Waals surface area contributed by atoms with Crippen molar-refractivity contribution in [3.05, 3.63) is 91.2 Å². The van der Waals surface area contributed by atoms with Crippen molar-refractivity contribution < 1.29 is 8.42 Å². The molecule has 4 aromatic rings. The largest absolute Gasteiger partial charge is 0.332 e. The number of H-pyrrole nitrogens is 1. The van der Waals surface area contributed by atoms with Gasteiger partial charge in [-0.15, -0.1) is 11.3 Å². The molecule has 0 aliphatic carbocycles. The van der Waals surface area contributed by atoms with E-state index in [4.69, 9.17) is 18.2 Å². The van der Waals surface area contributed by atoms with Crippen molar-refractivity contribution in [2.45, 2.75) is 4.21 Å². The van der Waals surface area contributed by atoms with Crippen LogP contribution in [0.15, 0.2) is 73.4 Å². The molecule has 0 unspecified atom stereocenters. The Kier molecular flexibility index (Phi) is 6.25. The van der Waals surface area contributed by atoms with Crippen LogP contribution in [0.1, 0.15) is 0 Å². The third-order valence-corrected chi connectivity index (χ3v) is 7.73. The fourth-order valence-corrected chi connectivity index (χ4v) is 5.64. The standard InChI is InChI=1S/C21H15ClN6O4S2/c1-23-15-11-12(25-20(24-2)27-34(31,32)18-10-9-17(22)33-18)7-8-16(15)28-19(29)13-5-3-4-6-14(13)26-21(28)30/h3-11H,2H3,(H,26,30)(H2,24,25,27). The highest BCUT2D eigenvalue weighted by Gasteiger charge is 2.19. The van der Waals surface area contributed by atoms with Gasteiger partial charge in [-0.2, -0.15) is 0 Å². The van der Waals surface area contributed by atoms with Crippen molar-refractivity contribution in [3.63, 3.8) is 0 Å². The number of aliphatic imine (C=N–C) groups is 1. The van der Waals surface area contributed by atoms with Crippen LogP contribution in [0, 0.1) is 6.57 Å². The lowest BCUT2D eigenvalue weighted by Crippen LogP contribution is -2.35. The number of sulfonamides is 1. The minimum absolute atomic E-state index is 0.00349. The Labute approximate surface area is 202 Å². The second-order valence-corrected chi connectivity index (χ2v) is 10.4. The number of fused-ring (bicyclic) bond motifs is 1. The molecule has 10 nitrogen and oxygen atoms in total. The number of para-hydroxylation sites is 1. The van der Waals surface area contributed by atoms with Gasteiger partial charge in [0, 0.05) is 12.7 Å². The van der Waals surface area contributed by atoms with Crippen molar-refractivity contribution >= 4 is 61.2 Å². The third-order valence-electron chi connectivity index (χ3n) is 4.67. The number of halogens is 1. The molecule has 2 aromatic heterocycles. The Bertz CT molecular complexity index is 1710. The fraction of sp³-hybridized carbons (Fsp3) is 0.0476. The number of rotatable bonds is 4. The van der Waals surface area contributed by atoms with Gasteiger partial charge >= 0.3 is 5.69 Å². The number of hydrogen-bond donors (Lipinski definition) is 3. The van der Waals surface area contributed by atoms with E-state index >= 15 is 0 Å². The minimum Gasteiger partial charge on any atom is -0.327 e. The third kappa shape index (κ3) is 4.44. The van der Waals surface area contributed by atoms with Crippen molar-refractivity contribution in [1.29, 1.82) is 0 Å². The number of benzene rings is 2. The lowest BCUT2D eigenvalue weighted by atomic mass is 10.2. The summed E-state index contributed by atoms with van der Waals surface area (Å²) in [5.74, 6) is -0.103. The first-order valence-electron chi connectivity index (χ1n) is 9.51. The van der Waals surface area contributed by atoms with Crippen LogP contribution < -0.4 is 21.3 Å². The van der Waals surface area contributed by atoms with Crippen molar-refractivity contribution in [2.24, 2.45) is 4.99 Å². The Morgan fingerprint density at radius 3 is 2.62 bits per heavy atom. The van der Waals surface area contributed by atoms with Gasteiger partial charge < -0.3 is 10.3 Å². The molecule has 0 aliphatic heterocycles. The summed E-state index contributed by atoms with van der Waals surface area (Å²) >= 11 is 6.71. The molecular weight excluding hydrogens is 500 g/mol. The SMILES string of the molecule is [C-]#[N+]c1cc(NC(=NC)NS(=O)(=O)c2ccc(Cl)s2)ccc1-n1c(=O)[nH]c2ccccc2c1=O. The predicted octanol–water partition coefficient (Wildman–Crippen LogP) is 3.32. The molecule has 0 fully saturated rings. The number of hydrogen-bond acceptors (Lipinski definition) is 6. The molecule has 0 saturated heterocycles. The lowest BCUT2D eigenvalue weighted by Gasteiger charge is -2.14. The maximum absolute atomic E-state index is 12.9. The molecule has 0 bridgehead atoms. The predicted molar refractivity (Wildman–Crippen MR) is 133 cm³/mol. The Balaban J connectivity index is 1.68. The summed E-state index contributed by atoms with van der Waals surface area (Å²) in [6, 6.07) is 13.7.